The fraction of sp³-hybridized carbons (Fsp3) is 0.440. The lowest BCUT2D eigenvalue weighted by molar-refractivity contribution is -0.385. The largest absolute Gasteiger partial charge is 0.490 e. The molecule has 184 valence electrons. The normalized spacial score (nSPS) is 11.9. The second-order valence-electron chi connectivity index (χ2n) is 8.87. The van der Waals surface area contributed by atoms with Crippen LogP contribution in [-0.2, 0) is 16.0 Å². The number of amides is 2. The molecule has 9 nitrogen and oxygen atoms in total. The first-order valence-electron chi connectivity index (χ1n) is 11.2. The van der Waals surface area contributed by atoms with Crippen LogP contribution in [0.4, 0.5) is 5.69 Å². The number of nitrogens with one attached hydrogen (secondary N) is 1. The van der Waals surface area contributed by atoms with Gasteiger partial charge in [0.15, 0.2) is 6.61 Å². The van der Waals surface area contributed by atoms with E-state index in [-0.39, 0.29) is 35.6 Å². The second kappa shape index (κ2) is 12.0. The third kappa shape index (κ3) is 7.75. The minimum absolute atomic E-state index is 0.0341. The first-order chi connectivity index (χ1) is 16.1. The van der Waals surface area contributed by atoms with Crippen LogP contribution in [-0.4, -0.2) is 53.5 Å². The lowest BCUT2D eigenvalue weighted by Crippen LogP contribution is -2.54. The van der Waals surface area contributed by atoms with Crippen molar-refractivity contribution in [3.8, 4) is 11.5 Å². The van der Waals surface area contributed by atoms with Crippen molar-refractivity contribution in [1.82, 2.24) is 10.2 Å². The number of nitro groups is 1. The Labute approximate surface area is 200 Å². The van der Waals surface area contributed by atoms with E-state index in [1.165, 1.54) is 30.2 Å². The van der Waals surface area contributed by atoms with Crippen molar-refractivity contribution in [2.75, 3.05) is 20.3 Å². The maximum Gasteiger partial charge on any atom is 0.311 e. The minimum Gasteiger partial charge on any atom is -0.490 e. The highest BCUT2D eigenvalue weighted by Crippen LogP contribution is 2.30. The molecule has 34 heavy (non-hydrogen) atoms. The number of rotatable bonds is 11. The van der Waals surface area contributed by atoms with Crippen LogP contribution >= 0.6 is 0 Å². The summed E-state index contributed by atoms with van der Waals surface area (Å²) in [6.07, 6.45) is 1.02. The fourth-order valence-electron chi connectivity index (χ4n) is 3.48. The van der Waals surface area contributed by atoms with Gasteiger partial charge in [0.25, 0.3) is 5.91 Å². The van der Waals surface area contributed by atoms with Crippen molar-refractivity contribution in [2.24, 2.45) is 0 Å². The van der Waals surface area contributed by atoms with E-state index in [0.29, 0.717) is 19.4 Å². The van der Waals surface area contributed by atoms with E-state index in [9.17, 15) is 19.7 Å². The second-order valence-corrected chi connectivity index (χ2v) is 8.87. The molecule has 0 fully saturated rings. The molecule has 2 amide bonds. The Bertz CT molecular complexity index is 988. The van der Waals surface area contributed by atoms with E-state index in [2.05, 4.69) is 5.32 Å². The highest BCUT2D eigenvalue weighted by atomic mass is 16.6. The molecule has 9 heteroatoms. The average Bonchev–Trinajstić information content (AvgIpc) is 2.79. The van der Waals surface area contributed by atoms with E-state index < -0.39 is 16.5 Å². The van der Waals surface area contributed by atoms with Crippen molar-refractivity contribution in [2.45, 2.75) is 52.1 Å². The summed E-state index contributed by atoms with van der Waals surface area (Å²) in [5.41, 5.74) is 0.410. The maximum absolute atomic E-state index is 13.2. The molecule has 0 saturated heterocycles. The molecule has 0 bridgehead atoms. The average molecular weight is 472 g/mol. The molecule has 0 aliphatic heterocycles. The van der Waals surface area contributed by atoms with Crippen molar-refractivity contribution in [1.29, 1.82) is 0 Å². The zero-order chi connectivity index (χ0) is 25.3. The van der Waals surface area contributed by atoms with Crippen LogP contribution in [0.1, 0.15) is 39.7 Å². The van der Waals surface area contributed by atoms with Gasteiger partial charge in [0, 0.05) is 24.2 Å². The molecular formula is C25H33N3O6. The molecule has 0 aromatic heterocycles. The van der Waals surface area contributed by atoms with Crippen LogP contribution in [0.2, 0.25) is 0 Å². The lowest BCUT2D eigenvalue weighted by Gasteiger charge is -2.33. The summed E-state index contributed by atoms with van der Waals surface area (Å²) in [7, 11) is 1.32. The Morgan fingerprint density at radius 2 is 1.82 bits per heavy atom. The number of benzene rings is 2. The van der Waals surface area contributed by atoms with Gasteiger partial charge in [-0.05, 0) is 45.2 Å². The predicted octanol–water partition coefficient (Wildman–Crippen LogP) is 3.75. The molecule has 0 aliphatic carbocycles. The number of nitro benzene ring substituents is 1. The van der Waals surface area contributed by atoms with Gasteiger partial charge < -0.3 is 19.7 Å². The summed E-state index contributed by atoms with van der Waals surface area (Å²) < 4.78 is 10.7. The predicted molar refractivity (Wildman–Crippen MR) is 129 cm³/mol. The van der Waals surface area contributed by atoms with Crippen LogP contribution < -0.4 is 14.8 Å². The van der Waals surface area contributed by atoms with Gasteiger partial charge in [-0.25, -0.2) is 0 Å². The van der Waals surface area contributed by atoms with Gasteiger partial charge in [-0.15, -0.1) is 0 Å². The molecule has 1 N–H and O–H groups in total. The van der Waals surface area contributed by atoms with E-state index >= 15 is 0 Å². The van der Waals surface area contributed by atoms with E-state index in [1.807, 2.05) is 58.0 Å². The standard InChI is InChI=1S/C25H33N3O6/c1-6-20(24(30)26-25(2,3)4)27(15-14-18-10-8-7-9-11-18)23(29)17-34-19-12-13-21(28(31)32)22(16-19)33-5/h7-13,16,20H,6,14-15,17H2,1-5H3,(H,26,30)/t20-/m0/s1. The number of methoxy groups -OCH3 is 1. The summed E-state index contributed by atoms with van der Waals surface area (Å²) in [4.78, 5) is 38.3. The maximum atomic E-state index is 13.2. The minimum atomic E-state index is -0.662. The molecule has 0 saturated carbocycles. The Balaban J connectivity index is 2.20. The molecule has 1 atom stereocenters. The third-order valence-corrected chi connectivity index (χ3v) is 5.08. The van der Waals surface area contributed by atoms with E-state index in [4.69, 9.17) is 9.47 Å². The van der Waals surface area contributed by atoms with Gasteiger partial charge in [-0.2, -0.15) is 0 Å². The van der Waals surface area contributed by atoms with Gasteiger partial charge in [-0.1, -0.05) is 37.3 Å². The van der Waals surface area contributed by atoms with Crippen molar-refractivity contribution >= 4 is 17.5 Å². The van der Waals surface area contributed by atoms with Crippen LogP contribution in [0.15, 0.2) is 48.5 Å². The van der Waals surface area contributed by atoms with Crippen LogP contribution in [0.25, 0.3) is 0 Å². The smallest absolute Gasteiger partial charge is 0.311 e. The summed E-state index contributed by atoms with van der Waals surface area (Å²) in [6.45, 7) is 7.54. The number of carbonyl (C=O) groups is 2. The highest BCUT2D eigenvalue weighted by molar-refractivity contribution is 5.88. The van der Waals surface area contributed by atoms with Crippen molar-refractivity contribution in [3.63, 3.8) is 0 Å². The Morgan fingerprint density at radius 3 is 2.38 bits per heavy atom. The van der Waals surface area contributed by atoms with Gasteiger partial charge in [0.2, 0.25) is 11.7 Å². The Hall–Kier alpha value is -3.62. The van der Waals surface area contributed by atoms with E-state index in [1.54, 1.807) is 0 Å². The zero-order valence-electron chi connectivity index (χ0n) is 20.4. The number of hydrogen-bond acceptors (Lipinski definition) is 6. The molecule has 2 aromatic carbocycles. The lowest BCUT2D eigenvalue weighted by atomic mass is 10.1. The summed E-state index contributed by atoms with van der Waals surface area (Å²) in [6, 6.07) is 13.1. The molecule has 0 heterocycles. The van der Waals surface area contributed by atoms with Gasteiger partial charge in [0.05, 0.1) is 12.0 Å². The zero-order valence-corrected chi connectivity index (χ0v) is 20.4. The quantitative estimate of drug-likeness (QED) is 0.395. The Morgan fingerprint density at radius 1 is 1.15 bits per heavy atom. The van der Waals surface area contributed by atoms with Gasteiger partial charge >= 0.3 is 5.69 Å². The Kier molecular flexibility index (Phi) is 9.41. The summed E-state index contributed by atoms with van der Waals surface area (Å²) in [5, 5.41) is 14.0. The monoisotopic (exact) mass is 471 g/mol. The fourth-order valence-corrected chi connectivity index (χ4v) is 3.48. The number of nitrogens with zero attached hydrogens (tertiary/aromatic N) is 2. The van der Waals surface area contributed by atoms with E-state index in [0.717, 1.165) is 5.56 Å². The van der Waals surface area contributed by atoms with Crippen molar-refractivity contribution in [3.05, 3.63) is 64.2 Å². The number of hydrogen-bond donors (Lipinski definition) is 1. The molecule has 2 aromatic rings. The highest BCUT2D eigenvalue weighted by Gasteiger charge is 2.30. The SMILES string of the molecule is CC[C@@H](C(=O)NC(C)(C)C)N(CCc1ccccc1)C(=O)COc1ccc([N+](=O)[O-])c(OC)c1. The molecular weight excluding hydrogens is 438 g/mol. The van der Waals surface area contributed by atoms with Crippen LogP contribution in [0.3, 0.4) is 0 Å². The topological polar surface area (TPSA) is 111 Å². The van der Waals surface area contributed by atoms with Crippen molar-refractivity contribution < 1.29 is 24.0 Å². The number of carbonyl (C=O) groups excluding carboxylic acids is 2. The summed E-state index contributed by atoms with van der Waals surface area (Å²) in [5.74, 6) is -0.296. The first-order valence-corrected chi connectivity index (χ1v) is 11.2. The van der Waals surface area contributed by atoms with Gasteiger partial charge in [-0.3, -0.25) is 19.7 Å². The molecule has 2 rings (SSSR count). The molecule has 0 spiro atoms. The van der Waals surface area contributed by atoms with Crippen LogP contribution in [0, 0.1) is 10.1 Å². The molecule has 0 unspecified atom stereocenters. The van der Waals surface area contributed by atoms with Gasteiger partial charge in [0.1, 0.15) is 11.8 Å². The molecule has 0 radical (unpaired) electrons. The summed E-state index contributed by atoms with van der Waals surface area (Å²) >= 11 is 0. The third-order valence-electron chi connectivity index (χ3n) is 5.08. The first kappa shape index (κ1) is 26.6. The molecule has 0 aliphatic rings. The number of ether oxygens (including phenoxy) is 2. The van der Waals surface area contributed by atoms with Crippen LogP contribution in [0.5, 0.6) is 11.5 Å².